The monoisotopic (exact) mass is 420 g/mol. The molecule has 4 N–H and O–H groups in total. The zero-order valence-electron chi connectivity index (χ0n) is 17.7. The first kappa shape index (κ1) is 22.0. The number of carbonyl (C=O) groups excluding carboxylic acids is 2. The molecule has 0 aliphatic heterocycles. The van der Waals surface area contributed by atoms with Gasteiger partial charge in [0.2, 0.25) is 5.91 Å². The summed E-state index contributed by atoms with van der Waals surface area (Å²) in [4.78, 5) is 28.9. The fourth-order valence-corrected chi connectivity index (χ4v) is 3.25. The van der Waals surface area contributed by atoms with Gasteiger partial charge >= 0.3 is 0 Å². The summed E-state index contributed by atoms with van der Waals surface area (Å²) in [6, 6.07) is 13.1. The maximum absolute atomic E-state index is 13.3. The number of benzene rings is 2. The van der Waals surface area contributed by atoms with Crippen LogP contribution in [0.1, 0.15) is 35.3 Å². The smallest absolute Gasteiger partial charge is 0.255 e. The molecule has 1 aromatic heterocycles. The molecule has 0 saturated heterocycles. The van der Waals surface area contributed by atoms with Crippen LogP contribution in [-0.4, -0.2) is 22.8 Å². The van der Waals surface area contributed by atoms with E-state index in [1.54, 1.807) is 30.5 Å². The molecular formula is C24H25FN4O2. The van der Waals surface area contributed by atoms with Crippen molar-refractivity contribution in [3.8, 4) is 11.1 Å². The largest absolute Gasteiger partial charge is 0.383 e. The number of anilines is 2. The van der Waals surface area contributed by atoms with Crippen molar-refractivity contribution in [2.75, 3.05) is 11.1 Å². The highest BCUT2D eigenvalue weighted by molar-refractivity contribution is 5.99. The Labute approximate surface area is 180 Å². The third-order valence-corrected chi connectivity index (χ3v) is 4.66. The van der Waals surface area contributed by atoms with Crippen molar-refractivity contribution in [3.05, 3.63) is 77.2 Å². The molecule has 0 aliphatic rings. The van der Waals surface area contributed by atoms with Gasteiger partial charge in [-0.1, -0.05) is 18.2 Å². The fraction of sp³-hybridized carbons (Fsp3) is 0.208. The first-order valence-electron chi connectivity index (χ1n) is 9.94. The van der Waals surface area contributed by atoms with E-state index in [0.29, 0.717) is 16.8 Å². The first-order valence-corrected chi connectivity index (χ1v) is 9.94. The van der Waals surface area contributed by atoms with Crippen LogP contribution in [0, 0.1) is 12.7 Å². The third kappa shape index (κ3) is 5.66. The SMILES string of the molecule is Cc1cc(NC(=O)Cc2cccc(F)c2)ccc1-c1cnc(N)c(C(=O)NC(C)C)c1. The van der Waals surface area contributed by atoms with E-state index in [9.17, 15) is 14.0 Å². The number of carbonyl (C=O) groups is 2. The molecule has 0 aliphatic carbocycles. The minimum absolute atomic E-state index is 0.0208. The number of rotatable bonds is 6. The standard InChI is InChI=1S/C24H25FN4O2/c1-14(2)28-24(31)21-12-17(13-27-23(21)26)20-8-7-19(9-15(20)3)29-22(30)11-16-5-4-6-18(25)10-16/h4-10,12-14H,11H2,1-3H3,(H2,26,27)(H,28,31)(H,29,30). The number of nitrogens with two attached hydrogens (primary N) is 1. The summed E-state index contributed by atoms with van der Waals surface area (Å²) in [5.74, 6) is -0.717. The predicted molar refractivity (Wildman–Crippen MR) is 120 cm³/mol. The average molecular weight is 420 g/mol. The van der Waals surface area contributed by atoms with Gasteiger partial charge in [0.05, 0.1) is 12.0 Å². The second-order valence-electron chi connectivity index (χ2n) is 7.67. The Hall–Kier alpha value is -3.74. The minimum Gasteiger partial charge on any atom is -0.383 e. The summed E-state index contributed by atoms with van der Waals surface area (Å²) in [6.45, 7) is 5.65. The molecule has 31 heavy (non-hydrogen) atoms. The molecule has 0 atom stereocenters. The zero-order chi connectivity index (χ0) is 22.5. The summed E-state index contributed by atoms with van der Waals surface area (Å²) < 4.78 is 13.3. The normalized spacial score (nSPS) is 10.7. The number of halogens is 1. The number of nitrogen functional groups attached to an aromatic ring is 1. The van der Waals surface area contributed by atoms with Gasteiger partial charge in [0.15, 0.2) is 0 Å². The summed E-state index contributed by atoms with van der Waals surface area (Å²) in [6.07, 6.45) is 1.70. The van der Waals surface area contributed by atoms with Gasteiger partial charge < -0.3 is 16.4 Å². The molecule has 6 nitrogen and oxygen atoms in total. The zero-order valence-corrected chi connectivity index (χ0v) is 17.7. The molecule has 0 spiro atoms. The molecule has 0 bridgehead atoms. The number of amides is 2. The van der Waals surface area contributed by atoms with Crippen LogP contribution in [0.2, 0.25) is 0 Å². The van der Waals surface area contributed by atoms with E-state index in [4.69, 9.17) is 5.73 Å². The lowest BCUT2D eigenvalue weighted by Gasteiger charge is -2.13. The molecule has 2 aromatic carbocycles. The van der Waals surface area contributed by atoms with Crippen LogP contribution in [0.3, 0.4) is 0 Å². The molecule has 0 unspecified atom stereocenters. The number of aryl methyl sites for hydroxylation is 1. The van der Waals surface area contributed by atoms with Gasteiger partial charge in [-0.15, -0.1) is 0 Å². The van der Waals surface area contributed by atoms with E-state index >= 15 is 0 Å². The van der Waals surface area contributed by atoms with E-state index in [2.05, 4.69) is 15.6 Å². The van der Waals surface area contributed by atoms with E-state index in [1.807, 2.05) is 32.9 Å². The number of nitrogens with zero attached hydrogens (tertiary/aromatic N) is 1. The minimum atomic E-state index is -0.371. The van der Waals surface area contributed by atoms with Crippen molar-refractivity contribution in [1.82, 2.24) is 10.3 Å². The van der Waals surface area contributed by atoms with Gasteiger partial charge in [-0.05, 0) is 67.8 Å². The van der Waals surface area contributed by atoms with Gasteiger partial charge in [0, 0.05) is 23.5 Å². The first-order chi connectivity index (χ1) is 14.7. The van der Waals surface area contributed by atoms with Gasteiger partial charge in [-0.3, -0.25) is 9.59 Å². The summed E-state index contributed by atoms with van der Waals surface area (Å²) >= 11 is 0. The lowest BCUT2D eigenvalue weighted by atomic mass is 9.99. The molecular weight excluding hydrogens is 395 g/mol. The van der Waals surface area contributed by atoms with Crippen molar-refractivity contribution in [1.29, 1.82) is 0 Å². The molecule has 7 heteroatoms. The molecule has 160 valence electrons. The second kappa shape index (κ2) is 9.38. The fourth-order valence-electron chi connectivity index (χ4n) is 3.25. The molecule has 0 radical (unpaired) electrons. The maximum Gasteiger partial charge on any atom is 0.255 e. The number of aromatic nitrogens is 1. The van der Waals surface area contributed by atoms with Crippen molar-refractivity contribution in [2.45, 2.75) is 33.2 Å². The number of nitrogens with one attached hydrogen (secondary N) is 2. The van der Waals surface area contributed by atoms with Crippen molar-refractivity contribution < 1.29 is 14.0 Å². The van der Waals surface area contributed by atoms with Crippen LogP contribution >= 0.6 is 0 Å². The van der Waals surface area contributed by atoms with E-state index < -0.39 is 0 Å². The number of pyridine rings is 1. The van der Waals surface area contributed by atoms with E-state index in [1.165, 1.54) is 12.1 Å². The van der Waals surface area contributed by atoms with Crippen LogP contribution in [0.4, 0.5) is 15.9 Å². The van der Waals surface area contributed by atoms with Crippen LogP contribution < -0.4 is 16.4 Å². The Morgan fingerprint density at radius 2 is 1.90 bits per heavy atom. The Morgan fingerprint density at radius 3 is 2.58 bits per heavy atom. The van der Waals surface area contributed by atoms with Crippen LogP contribution in [0.15, 0.2) is 54.7 Å². The molecule has 0 fully saturated rings. The Bertz CT molecular complexity index is 1130. The topological polar surface area (TPSA) is 97.1 Å². The third-order valence-electron chi connectivity index (χ3n) is 4.66. The number of hydrogen-bond donors (Lipinski definition) is 3. The molecule has 1 heterocycles. The van der Waals surface area contributed by atoms with Crippen LogP contribution in [0.25, 0.3) is 11.1 Å². The Morgan fingerprint density at radius 1 is 1.13 bits per heavy atom. The van der Waals surface area contributed by atoms with Crippen molar-refractivity contribution in [2.24, 2.45) is 0 Å². The second-order valence-corrected chi connectivity index (χ2v) is 7.67. The lowest BCUT2D eigenvalue weighted by Crippen LogP contribution is -2.30. The molecule has 3 aromatic rings. The van der Waals surface area contributed by atoms with Crippen molar-refractivity contribution >= 4 is 23.3 Å². The highest BCUT2D eigenvalue weighted by atomic mass is 19.1. The van der Waals surface area contributed by atoms with Crippen LogP contribution in [0.5, 0.6) is 0 Å². The average Bonchev–Trinajstić information content (AvgIpc) is 2.68. The predicted octanol–water partition coefficient (Wildman–Crippen LogP) is 4.10. The lowest BCUT2D eigenvalue weighted by molar-refractivity contribution is -0.115. The van der Waals surface area contributed by atoms with Gasteiger partial charge in [0.1, 0.15) is 11.6 Å². The number of hydrogen-bond acceptors (Lipinski definition) is 4. The van der Waals surface area contributed by atoms with Gasteiger partial charge in [0.25, 0.3) is 5.91 Å². The maximum atomic E-state index is 13.3. The summed E-state index contributed by atoms with van der Waals surface area (Å²) in [7, 11) is 0. The van der Waals surface area contributed by atoms with E-state index in [0.717, 1.165) is 16.7 Å². The van der Waals surface area contributed by atoms with E-state index in [-0.39, 0.29) is 35.9 Å². The summed E-state index contributed by atoms with van der Waals surface area (Å²) in [5.41, 5.74) is 9.95. The molecule has 0 saturated carbocycles. The highest BCUT2D eigenvalue weighted by Gasteiger charge is 2.15. The molecule has 3 rings (SSSR count). The van der Waals surface area contributed by atoms with Crippen molar-refractivity contribution in [3.63, 3.8) is 0 Å². The molecule has 2 amide bonds. The Kier molecular flexibility index (Phi) is 6.65. The van der Waals surface area contributed by atoms with Crippen LogP contribution in [-0.2, 0) is 11.2 Å². The summed E-state index contributed by atoms with van der Waals surface area (Å²) in [5, 5.41) is 5.65. The van der Waals surface area contributed by atoms with Gasteiger partial charge in [-0.25, -0.2) is 9.37 Å². The quantitative estimate of drug-likeness (QED) is 0.559. The van der Waals surface area contributed by atoms with Gasteiger partial charge in [-0.2, -0.15) is 0 Å². The Balaban J connectivity index is 1.78. The highest BCUT2D eigenvalue weighted by Crippen LogP contribution is 2.27.